The highest BCUT2D eigenvalue weighted by atomic mass is 29.2. The lowest BCUT2D eigenvalue weighted by molar-refractivity contribution is 0.559. The van der Waals surface area contributed by atoms with Gasteiger partial charge in [0.1, 0.15) is 0 Å². The van der Waals surface area contributed by atoms with E-state index in [1.807, 2.05) is 0 Å². The average molecular weight is 173 g/mol. The number of nitrogens with zero attached hydrogens (tertiary/aromatic N) is 1. The molecule has 3 heteroatoms. The third kappa shape index (κ3) is 2.99. The van der Waals surface area contributed by atoms with Crippen molar-refractivity contribution in [3.05, 3.63) is 0 Å². The Morgan fingerprint density at radius 1 is 1.10 bits per heavy atom. The van der Waals surface area contributed by atoms with Gasteiger partial charge in [0.05, 0.1) is 9.20 Å². The molecular weight excluding hydrogens is 154 g/mol. The molecule has 0 aliphatic carbocycles. The first-order chi connectivity index (χ1) is 4.58. The monoisotopic (exact) mass is 173 g/mol. The van der Waals surface area contributed by atoms with Gasteiger partial charge in [0.15, 0.2) is 0 Å². The van der Waals surface area contributed by atoms with E-state index in [0.717, 1.165) is 0 Å². The summed E-state index contributed by atoms with van der Waals surface area (Å²) in [5.74, 6) is 0. The second-order valence-corrected chi connectivity index (χ2v) is 18.2. The molecular formula is C7H19NSi2. The summed E-state index contributed by atoms with van der Waals surface area (Å²) >= 11 is 0. The van der Waals surface area contributed by atoms with E-state index in [4.69, 9.17) is 0 Å². The summed E-state index contributed by atoms with van der Waals surface area (Å²) < 4.78 is 2.77. The molecule has 0 atom stereocenters. The minimum Gasteiger partial charge on any atom is -0.331 e. The second-order valence-electron chi connectivity index (χ2n) is 4.54. The summed E-state index contributed by atoms with van der Waals surface area (Å²) in [7, 11) is -0.459. The fourth-order valence-electron chi connectivity index (χ4n) is 1.61. The van der Waals surface area contributed by atoms with Gasteiger partial charge in [0.2, 0.25) is 0 Å². The molecule has 0 N–H and O–H groups in total. The largest absolute Gasteiger partial charge is 0.331 e. The zero-order valence-electron chi connectivity index (χ0n) is 7.48. The Bertz CT molecular complexity index is 103. The van der Waals surface area contributed by atoms with Crippen LogP contribution in [0.15, 0.2) is 0 Å². The highest BCUT2D eigenvalue weighted by Gasteiger charge is 2.20. The Hall–Kier alpha value is 0.394. The maximum Gasteiger partial charge on any atom is 0.0862 e. The molecule has 60 valence electrons. The van der Waals surface area contributed by atoms with Crippen LogP contribution >= 0.6 is 0 Å². The highest BCUT2D eigenvalue weighted by molar-refractivity contribution is 7.22. The molecule has 0 saturated carbocycles. The van der Waals surface area contributed by atoms with Crippen molar-refractivity contribution in [2.75, 3.05) is 13.1 Å². The van der Waals surface area contributed by atoms with E-state index in [-0.39, 0.29) is 9.20 Å². The van der Waals surface area contributed by atoms with Gasteiger partial charge in [0.25, 0.3) is 0 Å². The van der Waals surface area contributed by atoms with Gasteiger partial charge < -0.3 is 4.57 Å². The summed E-state index contributed by atoms with van der Waals surface area (Å²) in [6, 6.07) is 0. The second kappa shape index (κ2) is 3.19. The summed E-state index contributed by atoms with van der Waals surface area (Å²) in [6.45, 7) is 10.4. The molecule has 0 bridgehead atoms. The van der Waals surface area contributed by atoms with Crippen molar-refractivity contribution in [2.45, 2.75) is 32.5 Å². The fourth-order valence-corrected chi connectivity index (χ4v) is 8.69. The highest BCUT2D eigenvalue weighted by Crippen LogP contribution is 2.09. The molecule has 0 aromatic carbocycles. The average Bonchev–Trinajstić information content (AvgIpc) is 2.12. The van der Waals surface area contributed by atoms with Crippen molar-refractivity contribution < 1.29 is 0 Å². The van der Waals surface area contributed by atoms with Crippen LogP contribution in [0.1, 0.15) is 12.8 Å². The molecule has 1 heterocycles. The molecule has 1 aliphatic heterocycles. The molecule has 0 aromatic heterocycles. The minimum atomic E-state index is -0.657. The summed E-state index contributed by atoms with van der Waals surface area (Å²) in [4.78, 5) is 0. The number of hydrogen-bond acceptors (Lipinski definition) is 1. The van der Waals surface area contributed by atoms with Gasteiger partial charge in [-0.15, -0.1) is 0 Å². The zero-order chi connectivity index (χ0) is 7.61. The van der Waals surface area contributed by atoms with Gasteiger partial charge in [-0.05, 0) is 25.9 Å². The maximum absolute atomic E-state index is 2.77. The minimum absolute atomic E-state index is 0.198. The van der Waals surface area contributed by atoms with Gasteiger partial charge in [-0.1, -0.05) is 19.6 Å². The van der Waals surface area contributed by atoms with Gasteiger partial charge in [-0.2, -0.15) is 0 Å². The Balaban J connectivity index is 2.24. The van der Waals surface area contributed by atoms with E-state index < -0.39 is 7.59 Å². The normalized spacial score (nSPS) is 23.1. The van der Waals surface area contributed by atoms with Crippen LogP contribution < -0.4 is 0 Å². The number of rotatable bonds is 2. The lowest BCUT2D eigenvalue weighted by atomic mass is 10.4. The van der Waals surface area contributed by atoms with Gasteiger partial charge in [-0.3, -0.25) is 0 Å². The van der Waals surface area contributed by atoms with E-state index in [9.17, 15) is 0 Å². The van der Waals surface area contributed by atoms with Gasteiger partial charge in [-0.25, -0.2) is 0 Å². The first-order valence-corrected chi connectivity index (χ1v) is 10.8. The SMILES string of the molecule is C[Si](C)(C)[SiH2]N1CCCC1. The van der Waals surface area contributed by atoms with E-state index >= 15 is 0 Å². The van der Waals surface area contributed by atoms with Crippen LogP contribution in [0, 0.1) is 0 Å². The van der Waals surface area contributed by atoms with Crippen LogP contribution in [-0.4, -0.2) is 34.4 Å². The Kier molecular flexibility index (Phi) is 2.71. The van der Waals surface area contributed by atoms with E-state index in [2.05, 4.69) is 24.2 Å². The molecule has 0 aromatic rings. The van der Waals surface area contributed by atoms with Crippen LogP contribution in [0.3, 0.4) is 0 Å². The molecule has 0 amide bonds. The molecule has 1 aliphatic rings. The van der Waals surface area contributed by atoms with Crippen LogP contribution in [0.2, 0.25) is 19.6 Å². The van der Waals surface area contributed by atoms with Crippen LogP contribution in [0.4, 0.5) is 0 Å². The van der Waals surface area contributed by atoms with Crippen molar-refractivity contribution in [1.29, 1.82) is 0 Å². The van der Waals surface area contributed by atoms with Crippen molar-refractivity contribution in [3.63, 3.8) is 0 Å². The quantitative estimate of drug-likeness (QED) is 0.563. The van der Waals surface area contributed by atoms with E-state index in [1.165, 1.54) is 25.9 Å². The molecule has 0 radical (unpaired) electrons. The first kappa shape index (κ1) is 8.49. The van der Waals surface area contributed by atoms with Crippen molar-refractivity contribution in [3.8, 4) is 0 Å². The molecule has 1 fully saturated rings. The summed E-state index contributed by atoms with van der Waals surface area (Å²) in [5, 5.41) is 0. The Morgan fingerprint density at radius 2 is 1.60 bits per heavy atom. The van der Waals surface area contributed by atoms with Crippen molar-refractivity contribution >= 4 is 16.8 Å². The molecule has 0 unspecified atom stereocenters. The molecule has 1 nitrogen and oxygen atoms in total. The Labute approximate surface area is 67.5 Å². The Morgan fingerprint density at radius 3 is 2.00 bits per heavy atom. The van der Waals surface area contributed by atoms with Crippen molar-refractivity contribution in [1.82, 2.24) is 4.57 Å². The van der Waals surface area contributed by atoms with Crippen LogP contribution in [-0.2, 0) is 0 Å². The third-order valence-electron chi connectivity index (χ3n) is 1.90. The maximum atomic E-state index is 2.77. The summed E-state index contributed by atoms with van der Waals surface area (Å²) in [5.41, 5.74) is 0. The topological polar surface area (TPSA) is 3.24 Å². The molecule has 1 saturated heterocycles. The predicted molar refractivity (Wildman–Crippen MR) is 52.7 cm³/mol. The van der Waals surface area contributed by atoms with Crippen LogP contribution in [0.25, 0.3) is 0 Å². The molecule has 1 rings (SSSR count). The van der Waals surface area contributed by atoms with E-state index in [1.54, 1.807) is 0 Å². The predicted octanol–water partition coefficient (Wildman–Crippen LogP) is 1.00. The lowest BCUT2D eigenvalue weighted by Crippen LogP contribution is -2.42. The molecule has 10 heavy (non-hydrogen) atoms. The smallest absolute Gasteiger partial charge is 0.0862 e. The first-order valence-electron chi connectivity index (χ1n) is 4.30. The lowest BCUT2D eigenvalue weighted by Gasteiger charge is -2.23. The van der Waals surface area contributed by atoms with Gasteiger partial charge in [0, 0.05) is 7.59 Å². The summed E-state index contributed by atoms with van der Waals surface area (Å²) in [6.07, 6.45) is 2.94. The standard InChI is InChI=1S/C7H19NSi2/c1-10(2,3)9-8-6-4-5-7-8/h4-7,9H2,1-3H3. The number of hydrogen-bond donors (Lipinski definition) is 0. The van der Waals surface area contributed by atoms with Crippen molar-refractivity contribution in [2.24, 2.45) is 0 Å². The molecule has 0 spiro atoms. The van der Waals surface area contributed by atoms with Gasteiger partial charge >= 0.3 is 0 Å². The fraction of sp³-hybridized carbons (Fsp3) is 1.00. The van der Waals surface area contributed by atoms with Crippen LogP contribution in [0.5, 0.6) is 0 Å². The zero-order valence-corrected chi connectivity index (χ0v) is 9.90. The third-order valence-corrected chi connectivity index (χ3v) is 8.11. The van der Waals surface area contributed by atoms with E-state index in [0.29, 0.717) is 0 Å².